The van der Waals surface area contributed by atoms with Gasteiger partial charge in [0.15, 0.2) is 5.96 Å². The molecule has 0 heterocycles. The molecular weight excluding hydrogens is 447 g/mol. The Morgan fingerprint density at radius 1 is 1.36 bits per heavy atom. The number of hydrogen-bond donors (Lipinski definition) is 3. The highest BCUT2D eigenvalue weighted by atomic mass is 127. The highest BCUT2D eigenvalue weighted by molar-refractivity contribution is 14.0. The van der Waals surface area contributed by atoms with Gasteiger partial charge in [-0.3, -0.25) is 9.79 Å². The number of rotatable bonds is 6. The zero-order chi connectivity index (χ0) is 17.4. The summed E-state index contributed by atoms with van der Waals surface area (Å²) in [5.41, 5.74) is 2.05. The minimum absolute atomic E-state index is 0. The van der Waals surface area contributed by atoms with Gasteiger partial charge in [0.25, 0.3) is 0 Å². The van der Waals surface area contributed by atoms with Crippen LogP contribution in [0.25, 0.3) is 0 Å². The van der Waals surface area contributed by atoms with Crippen LogP contribution in [0.4, 0.5) is 5.69 Å². The molecule has 3 N–H and O–H groups in total. The molecular formula is C18H29IN4OS. The molecule has 1 aliphatic carbocycles. The lowest BCUT2D eigenvalue weighted by Crippen LogP contribution is -2.45. The van der Waals surface area contributed by atoms with Crippen molar-refractivity contribution in [1.29, 1.82) is 0 Å². The van der Waals surface area contributed by atoms with Crippen molar-refractivity contribution in [3.05, 3.63) is 29.8 Å². The van der Waals surface area contributed by atoms with E-state index < -0.39 is 0 Å². The molecule has 2 atom stereocenters. The molecule has 1 aromatic carbocycles. The molecule has 1 aromatic rings. The van der Waals surface area contributed by atoms with E-state index >= 15 is 0 Å². The van der Waals surface area contributed by atoms with Gasteiger partial charge in [-0.2, -0.15) is 11.8 Å². The van der Waals surface area contributed by atoms with Crippen LogP contribution in [0.15, 0.2) is 29.3 Å². The Bertz CT molecular complexity index is 582. The van der Waals surface area contributed by atoms with Crippen LogP contribution in [0.2, 0.25) is 0 Å². The van der Waals surface area contributed by atoms with Crippen LogP contribution < -0.4 is 16.0 Å². The third-order valence-electron chi connectivity index (χ3n) is 4.32. The number of benzene rings is 1. The molecule has 1 aliphatic rings. The van der Waals surface area contributed by atoms with Gasteiger partial charge >= 0.3 is 0 Å². The molecule has 0 aliphatic heterocycles. The van der Waals surface area contributed by atoms with Crippen molar-refractivity contribution in [2.75, 3.05) is 25.2 Å². The summed E-state index contributed by atoms with van der Waals surface area (Å²) in [6.45, 7) is 2.30. The van der Waals surface area contributed by atoms with E-state index in [1.165, 1.54) is 12.0 Å². The molecule has 7 heteroatoms. The molecule has 2 unspecified atom stereocenters. The van der Waals surface area contributed by atoms with Crippen molar-refractivity contribution in [3.8, 4) is 0 Å². The minimum atomic E-state index is -0.0698. The highest BCUT2D eigenvalue weighted by Gasteiger charge is 2.24. The zero-order valence-corrected chi connectivity index (χ0v) is 18.3. The topological polar surface area (TPSA) is 65.5 Å². The maximum absolute atomic E-state index is 12.1. The molecule has 1 saturated carbocycles. The molecule has 1 amide bonds. The van der Waals surface area contributed by atoms with Gasteiger partial charge < -0.3 is 16.0 Å². The van der Waals surface area contributed by atoms with Gasteiger partial charge in [0.05, 0.1) is 6.54 Å². The summed E-state index contributed by atoms with van der Waals surface area (Å²) in [7, 11) is 1.74. The van der Waals surface area contributed by atoms with Gasteiger partial charge in [0.2, 0.25) is 5.91 Å². The van der Waals surface area contributed by atoms with Crippen LogP contribution in [-0.4, -0.2) is 43.0 Å². The monoisotopic (exact) mass is 476 g/mol. The molecule has 0 saturated heterocycles. The first-order valence-corrected chi connectivity index (χ1v) is 9.82. The van der Waals surface area contributed by atoms with Gasteiger partial charge in [-0.05, 0) is 49.6 Å². The van der Waals surface area contributed by atoms with Crippen molar-refractivity contribution >= 4 is 53.3 Å². The number of carbonyl (C=O) groups excluding carboxylic acids is 1. The van der Waals surface area contributed by atoms with Gasteiger partial charge in [-0.15, -0.1) is 24.0 Å². The fourth-order valence-corrected chi connectivity index (χ4v) is 3.71. The predicted molar refractivity (Wildman–Crippen MR) is 119 cm³/mol. The number of halogens is 1. The number of nitrogens with one attached hydrogen (secondary N) is 3. The highest BCUT2D eigenvalue weighted by Crippen LogP contribution is 2.27. The first kappa shape index (κ1) is 22.1. The smallest absolute Gasteiger partial charge is 0.243 e. The van der Waals surface area contributed by atoms with Gasteiger partial charge in [-0.1, -0.05) is 19.1 Å². The second kappa shape index (κ2) is 11.6. The van der Waals surface area contributed by atoms with Crippen molar-refractivity contribution in [2.45, 2.75) is 43.9 Å². The second-order valence-corrected chi connectivity index (χ2v) is 7.18. The first-order valence-electron chi connectivity index (χ1n) is 8.53. The molecule has 2 rings (SSSR count). The summed E-state index contributed by atoms with van der Waals surface area (Å²) in [5, 5.41) is 10.2. The lowest BCUT2D eigenvalue weighted by molar-refractivity contribution is -0.115. The van der Waals surface area contributed by atoms with E-state index in [0.717, 1.165) is 30.2 Å². The fourth-order valence-electron chi connectivity index (χ4n) is 2.91. The molecule has 0 aromatic heterocycles. The van der Waals surface area contributed by atoms with E-state index in [9.17, 15) is 4.79 Å². The average molecular weight is 476 g/mol. The standard InChI is InChI=1S/C18H28N4OS.HI/c1-4-13-6-5-7-14(10-13)21-17(23)12-20-18(19-2)22-15-8-9-16(11-15)24-3;/h5-7,10,15-16H,4,8-9,11-12H2,1-3H3,(H,21,23)(H2,19,20,22);1H. The van der Waals surface area contributed by atoms with E-state index in [1.807, 2.05) is 30.0 Å². The normalized spacial score (nSPS) is 19.9. The number of anilines is 1. The largest absolute Gasteiger partial charge is 0.354 e. The number of aliphatic imine (C=N–C) groups is 1. The number of amides is 1. The number of hydrogen-bond acceptors (Lipinski definition) is 3. The van der Waals surface area contributed by atoms with Crippen molar-refractivity contribution in [3.63, 3.8) is 0 Å². The number of nitrogens with zero attached hydrogens (tertiary/aromatic N) is 1. The number of carbonyl (C=O) groups is 1. The van der Waals surface area contributed by atoms with Crippen molar-refractivity contribution in [2.24, 2.45) is 4.99 Å². The van der Waals surface area contributed by atoms with Crippen LogP contribution in [0.1, 0.15) is 31.7 Å². The van der Waals surface area contributed by atoms with E-state index in [4.69, 9.17) is 0 Å². The van der Waals surface area contributed by atoms with Gasteiger partial charge in [0, 0.05) is 24.0 Å². The predicted octanol–water partition coefficient (Wildman–Crippen LogP) is 3.25. The lowest BCUT2D eigenvalue weighted by Gasteiger charge is -2.17. The van der Waals surface area contributed by atoms with E-state index in [0.29, 0.717) is 12.0 Å². The van der Waals surface area contributed by atoms with Crippen LogP contribution in [0, 0.1) is 0 Å². The molecule has 0 radical (unpaired) electrons. The SMILES string of the molecule is CCc1cccc(NC(=O)CNC(=NC)NC2CCC(SC)C2)c1.I. The van der Waals surface area contributed by atoms with Crippen LogP contribution in [0.3, 0.4) is 0 Å². The molecule has 1 fully saturated rings. The Morgan fingerprint density at radius 3 is 2.80 bits per heavy atom. The third-order valence-corrected chi connectivity index (χ3v) is 5.41. The van der Waals surface area contributed by atoms with E-state index in [-0.39, 0.29) is 36.4 Å². The maximum atomic E-state index is 12.1. The second-order valence-electron chi connectivity index (χ2n) is 6.04. The molecule has 0 bridgehead atoms. The molecule has 140 valence electrons. The lowest BCUT2D eigenvalue weighted by atomic mass is 10.1. The molecule has 0 spiro atoms. The van der Waals surface area contributed by atoms with Crippen LogP contribution >= 0.6 is 35.7 Å². The Morgan fingerprint density at radius 2 is 2.16 bits per heavy atom. The maximum Gasteiger partial charge on any atom is 0.243 e. The summed E-state index contributed by atoms with van der Waals surface area (Å²) >= 11 is 1.93. The van der Waals surface area contributed by atoms with Crippen LogP contribution in [-0.2, 0) is 11.2 Å². The van der Waals surface area contributed by atoms with Crippen LogP contribution in [0.5, 0.6) is 0 Å². The Labute approximate surface area is 172 Å². The van der Waals surface area contributed by atoms with E-state index in [2.05, 4.69) is 40.2 Å². The Kier molecular flexibility index (Phi) is 10.3. The minimum Gasteiger partial charge on any atom is -0.354 e. The summed E-state index contributed by atoms with van der Waals surface area (Å²) in [4.78, 5) is 16.3. The summed E-state index contributed by atoms with van der Waals surface area (Å²) in [5.74, 6) is 0.624. The zero-order valence-electron chi connectivity index (χ0n) is 15.2. The summed E-state index contributed by atoms with van der Waals surface area (Å²) in [6, 6.07) is 8.38. The Hall–Kier alpha value is -0.960. The Balaban J connectivity index is 0.00000312. The molecule has 25 heavy (non-hydrogen) atoms. The summed E-state index contributed by atoms with van der Waals surface area (Å²) < 4.78 is 0. The van der Waals surface area contributed by atoms with Crippen molar-refractivity contribution < 1.29 is 4.79 Å². The van der Waals surface area contributed by atoms with Gasteiger partial charge in [-0.25, -0.2) is 0 Å². The quantitative estimate of drug-likeness (QED) is 0.335. The summed E-state index contributed by atoms with van der Waals surface area (Å²) in [6.07, 6.45) is 6.67. The number of guanidine groups is 1. The number of aryl methyl sites for hydroxylation is 1. The van der Waals surface area contributed by atoms with Gasteiger partial charge in [0.1, 0.15) is 0 Å². The molecule has 5 nitrogen and oxygen atoms in total. The average Bonchev–Trinajstić information content (AvgIpc) is 3.06. The first-order chi connectivity index (χ1) is 11.6. The third kappa shape index (κ3) is 7.43. The van der Waals surface area contributed by atoms with E-state index in [1.54, 1.807) is 7.05 Å². The van der Waals surface area contributed by atoms with Crippen molar-refractivity contribution in [1.82, 2.24) is 10.6 Å². The fraction of sp³-hybridized carbons (Fsp3) is 0.556. The number of thioether (sulfide) groups is 1.